The fraction of sp³-hybridized carbons (Fsp3) is 0.455. The van der Waals surface area contributed by atoms with Crippen molar-refractivity contribution in [2.45, 2.75) is 26.1 Å². The summed E-state index contributed by atoms with van der Waals surface area (Å²) in [6.07, 6.45) is 1.01. The lowest BCUT2D eigenvalue weighted by molar-refractivity contribution is -0.153. The first-order valence-electron chi connectivity index (χ1n) is 4.82. The van der Waals surface area contributed by atoms with E-state index in [1.54, 1.807) is 0 Å². The minimum absolute atomic E-state index is 0.0891. The molecule has 5 nitrogen and oxygen atoms in total. The summed E-state index contributed by atoms with van der Waals surface area (Å²) in [5.41, 5.74) is 0.438. The number of hydrogen-bond donors (Lipinski definition) is 1. The van der Waals surface area contributed by atoms with E-state index in [0.717, 1.165) is 0 Å². The van der Waals surface area contributed by atoms with E-state index in [4.69, 9.17) is 9.84 Å². The molecular weight excluding hydrogens is 212 g/mol. The summed E-state index contributed by atoms with van der Waals surface area (Å²) >= 11 is 0. The molecule has 88 valence electrons. The second-order valence-electron chi connectivity index (χ2n) is 3.63. The standard InChI is InChI=1S/C11H14O5/c1-6(2)10(13)16-11(14)7(3)4-8-9(5-12)15-8/h4,8-9,12H,1,5H2,2-3H3. The minimum Gasteiger partial charge on any atom is -0.394 e. The van der Waals surface area contributed by atoms with Crippen LogP contribution in [0.15, 0.2) is 23.8 Å². The van der Waals surface area contributed by atoms with Crippen molar-refractivity contribution in [2.75, 3.05) is 6.61 Å². The van der Waals surface area contributed by atoms with E-state index in [1.165, 1.54) is 19.9 Å². The van der Waals surface area contributed by atoms with E-state index in [9.17, 15) is 9.59 Å². The largest absolute Gasteiger partial charge is 0.394 e. The molecule has 2 unspecified atom stereocenters. The number of ether oxygens (including phenoxy) is 2. The quantitative estimate of drug-likeness (QED) is 0.324. The third kappa shape index (κ3) is 3.29. The zero-order valence-electron chi connectivity index (χ0n) is 9.23. The summed E-state index contributed by atoms with van der Waals surface area (Å²) in [7, 11) is 0. The van der Waals surface area contributed by atoms with Crippen LogP contribution in [0.1, 0.15) is 13.8 Å². The molecule has 2 atom stereocenters. The topological polar surface area (TPSA) is 76.1 Å². The average molecular weight is 226 g/mol. The maximum atomic E-state index is 11.3. The molecule has 1 fully saturated rings. The van der Waals surface area contributed by atoms with Crippen molar-refractivity contribution in [3.63, 3.8) is 0 Å². The molecule has 1 saturated heterocycles. The summed E-state index contributed by atoms with van der Waals surface area (Å²) < 4.78 is 9.51. The SMILES string of the molecule is C=C(C)C(=O)OC(=O)C(C)=CC1OC1CO. The maximum Gasteiger partial charge on any atom is 0.341 e. The second kappa shape index (κ2) is 5.05. The van der Waals surface area contributed by atoms with Crippen LogP contribution in [0, 0.1) is 0 Å². The third-order valence-electron chi connectivity index (χ3n) is 2.07. The Bertz CT molecular complexity index is 355. The predicted molar refractivity (Wildman–Crippen MR) is 55.4 cm³/mol. The second-order valence-corrected chi connectivity index (χ2v) is 3.63. The van der Waals surface area contributed by atoms with Gasteiger partial charge in [0.1, 0.15) is 12.2 Å². The molecule has 0 saturated carbocycles. The number of carbonyl (C=O) groups excluding carboxylic acids is 2. The summed E-state index contributed by atoms with van der Waals surface area (Å²) in [5, 5.41) is 8.71. The number of hydrogen-bond acceptors (Lipinski definition) is 5. The lowest BCUT2D eigenvalue weighted by Gasteiger charge is -2.01. The molecule has 1 rings (SSSR count). The van der Waals surface area contributed by atoms with Gasteiger partial charge in [-0.05, 0) is 19.9 Å². The molecule has 0 bridgehead atoms. The Labute approximate surface area is 93.3 Å². The van der Waals surface area contributed by atoms with Gasteiger partial charge >= 0.3 is 11.9 Å². The van der Waals surface area contributed by atoms with Crippen molar-refractivity contribution < 1.29 is 24.2 Å². The van der Waals surface area contributed by atoms with E-state index in [2.05, 4.69) is 11.3 Å². The average Bonchev–Trinajstić information content (AvgIpc) is 2.95. The van der Waals surface area contributed by atoms with Gasteiger partial charge < -0.3 is 14.6 Å². The minimum atomic E-state index is -0.742. The highest BCUT2D eigenvalue weighted by Crippen LogP contribution is 2.23. The Balaban J connectivity index is 2.48. The molecule has 0 aromatic rings. The number of rotatable bonds is 4. The Morgan fingerprint density at radius 1 is 1.44 bits per heavy atom. The molecule has 0 amide bonds. The first-order valence-corrected chi connectivity index (χ1v) is 4.82. The lowest BCUT2D eigenvalue weighted by Crippen LogP contribution is -2.14. The van der Waals surface area contributed by atoms with Gasteiger partial charge in [-0.25, -0.2) is 9.59 Å². The molecule has 0 aliphatic carbocycles. The van der Waals surface area contributed by atoms with Gasteiger partial charge in [-0.1, -0.05) is 6.58 Å². The van der Waals surface area contributed by atoms with Crippen LogP contribution in [0.5, 0.6) is 0 Å². The predicted octanol–water partition coefficient (Wildman–Crippen LogP) is 0.338. The highest BCUT2D eigenvalue weighted by Gasteiger charge is 2.36. The summed E-state index contributed by atoms with van der Waals surface area (Å²) in [4.78, 5) is 22.4. The Hall–Kier alpha value is -1.46. The van der Waals surface area contributed by atoms with Crippen LogP contribution in [-0.4, -0.2) is 35.9 Å². The van der Waals surface area contributed by atoms with Gasteiger partial charge in [0.2, 0.25) is 0 Å². The van der Waals surface area contributed by atoms with Gasteiger partial charge in [-0.15, -0.1) is 0 Å². The highest BCUT2D eigenvalue weighted by atomic mass is 16.6. The zero-order valence-corrected chi connectivity index (χ0v) is 9.23. The van der Waals surface area contributed by atoms with E-state index in [0.29, 0.717) is 0 Å². The molecule has 5 heteroatoms. The van der Waals surface area contributed by atoms with E-state index >= 15 is 0 Å². The van der Waals surface area contributed by atoms with Crippen LogP contribution in [0.2, 0.25) is 0 Å². The smallest absolute Gasteiger partial charge is 0.341 e. The van der Waals surface area contributed by atoms with Gasteiger partial charge in [-0.2, -0.15) is 0 Å². The van der Waals surface area contributed by atoms with Crippen LogP contribution in [-0.2, 0) is 19.1 Å². The summed E-state index contributed by atoms with van der Waals surface area (Å²) in [6.45, 7) is 6.25. The highest BCUT2D eigenvalue weighted by molar-refractivity contribution is 6.01. The Morgan fingerprint density at radius 3 is 2.50 bits per heavy atom. The molecule has 16 heavy (non-hydrogen) atoms. The zero-order chi connectivity index (χ0) is 12.3. The van der Waals surface area contributed by atoms with Gasteiger partial charge in [0.05, 0.1) is 6.61 Å². The number of aliphatic hydroxyl groups excluding tert-OH is 1. The molecular formula is C11H14O5. The van der Waals surface area contributed by atoms with E-state index in [-0.39, 0.29) is 30.0 Å². The van der Waals surface area contributed by atoms with Crippen LogP contribution in [0.25, 0.3) is 0 Å². The lowest BCUT2D eigenvalue weighted by atomic mass is 10.2. The van der Waals surface area contributed by atoms with Crippen molar-refractivity contribution >= 4 is 11.9 Å². The fourth-order valence-corrected chi connectivity index (χ4v) is 1.02. The molecule has 0 aromatic carbocycles. The van der Waals surface area contributed by atoms with Crippen molar-refractivity contribution in [3.05, 3.63) is 23.8 Å². The van der Waals surface area contributed by atoms with Gasteiger partial charge in [0.25, 0.3) is 0 Å². The normalized spacial score (nSPS) is 23.8. The van der Waals surface area contributed by atoms with E-state index in [1.807, 2.05) is 0 Å². The first-order chi connectivity index (χ1) is 7.45. The summed E-state index contributed by atoms with van der Waals surface area (Å²) in [6, 6.07) is 0. The molecule has 1 heterocycles. The van der Waals surface area contributed by atoms with Gasteiger partial charge in [0, 0.05) is 11.1 Å². The van der Waals surface area contributed by atoms with Crippen molar-refractivity contribution in [2.24, 2.45) is 0 Å². The third-order valence-corrected chi connectivity index (χ3v) is 2.07. The molecule has 1 aliphatic heterocycles. The van der Waals surface area contributed by atoms with Crippen LogP contribution in [0.4, 0.5) is 0 Å². The fourth-order valence-electron chi connectivity index (χ4n) is 1.02. The Morgan fingerprint density at radius 2 is 2.06 bits per heavy atom. The van der Waals surface area contributed by atoms with Crippen molar-refractivity contribution in [1.29, 1.82) is 0 Å². The van der Waals surface area contributed by atoms with Crippen LogP contribution < -0.4 is 0 Å². The van der Waals surface area contributed by atoms with Crippen LogP contribution in [0.3, 0.4) is 0 Å². The van der Waals surface area contributed by atoms with Crippen molar-refractivity contribution in [3.8, 4) is 0 Å². The summed E-state index contributed by atoms with van der Waals surface area (Å²) in [5.74, 6) is -1.46. The molecule has 0 radical (unpaired) electrons. The van der Waals surface area contributed by atoms with Gasteiger partial charge in [0.15, 0.2) is 0 Å². The van der Waals surface area contributed by atoms with E-state index < -0.39 is 11.9 Å². The van der Waals surface area contributed by atoms with Crippen LogP contribution >= 0.6 is 0 Å². The molecule has 0 spiro atoms. The molecule has 1 N–H and O–H groups in total. The molecule has 0 aromatic heterocycles. The van der Waals surface area contributed by atoms with Crippen molar-refractivity contribution in [1.82, 2.24) is 0 Å². The molecule has 1 aliphatic rings. The monoisotopic (exact) mass is 226 g/mol. The Kier molecular flexibility index (Phi) is 3.98. The maximum absolute atomic E-state index is 11.3. The first kappa shape index (κ1) is 12.6. The van der Waals surface area contributed by atoms with Gasteiger partial charge in [-0.3, -0.25) is 0 Å². The number of carbonyl (C=O) groups is 2. The number of epoxide rings is 1. The number of aliphatic hydroxyl groups is 1. The number of esters is 2.